The lowest BCUT2D eigenvalue weighted by molar-refractivity contribution is 0.474. The van der Waals surface area contributed by atoms with Crippen LogP contribution in [0.4, 0.5) is 0 Å². The highest BCUT2D eigenvalue weighted by atomic mass is 16.3. The van der Waals surface area contributed by atoms with Crippen molar-refractivity contribution in [1.82, 2.24) is 0 Å². The van der Waals surface area contributed by atoms with Crippen molar-refractivity contribution in [2.45, 2.75) is 44.1 Å². The van der Waals surface area contributed by atoms with Gasteiger partial charge >= 0.3 is 0 Å². The Labute approximate surface area is 91.1 Å². The van der Waals surface area contributed by atoms with Crippen molar-refractivity contribution < 1.29 is 5.11 Å². The Morgan fingerprint density at radius 2 is 1.73 bits per heavy atom. The SMILES string of the molecule is NC1CCCC(c2ccc(O)cc2)CC1. The fourth-order valence-electron chi connectivity index (χ4n) is 2.41. The maximum atomic E-state index is 9.23. The standard InChI is InChI=1S/C13H19NO/c14-12-3-1-2-10(4-7-12)11-5-8-13(15)9-6-11/h5-6,8-10,12,15H,1-4,7,14H2. The molecule has 0 aliphatic heterocycles. The van der Waals surface area contributed by atoms with Crippen molar-refractivity contribution in [2.24, 2.45) is 5.73 Å². The Morgan fingerprint density at radius 3 is 2.47 bits per heavy atom. The third-order valence-corrected chi connectivity index (χ3v) is 3.38. The van der Waals surface area contributed by atoms with E-state index in [0.717, 1.165) is 12.8 Å². The van der Waals surface area contributed by atoms with E-state index in [2.05, 4.69) is 0 Å². The molecule has 1 aliphatic carbocycles. The summed E-state index contributed by atoms with van der Waals surface area (Å²) in [6, 6.07) is 8.03. The maximum Gasteiger partial charge on any atom is 0.115 e. The monoisotopic (exact) mass is 205 g/mol. The van der Waals surface area contributed by atoms with Crippen LogP contribution in [0, 0.1) is 0 Å². The Morgan fingerprint density at radius 1 is 1.00 bits per heavy atom. The summed E-state index contributed by atoms with van der Waals surface area (Å²) in [6.45, 7) is 0. The van der Waals surface area contributed by atoms with E-state index in [9.17, 15) is 5.11 Å². The number of phenolic OH excluding ortho intramolecular Hbond substituents is 1. The summed E-state index contributed by atoms with van der Waals surface area (Å²) >= 11 is 0. The van der Waals surface area contributed by atoms with Crippen LogP contribution in [-0.4, -0.2) is 11.1 Å². The van der Waals surface area contributed by atoms with Gasteiger partial charge in [0.25, 0.3) is 0 Å². The number of benzene rings is 1. The van der Waals surface area contributed by atoms with Crippen molar-refractivity contribution in [2.75, 3.05) is 0 Å². The fraction of sp³-hybridized carbons (Fsp3) is 0.538. The molecule has 0 amide bonds. The number of hydrogen-bond acceptors (Lipinski definition) is 2. The molecule has 15 heavy (non-hydrogen) atoms. The molecule has 1 saturated carbocycles. The Bertz CT molecular complexity index is 307. The Hall–Kier alpha value is -1.02. The molecule has 2 nitrogen and oxygen atoms in total. The summed E-state index contributed by atoms with van der Waals surface area (Å²) in [5.41, 5.74) is 7.31. The molecule has 3 N–H and O–H groups in total. The lowest BCUT2D eigenvalue weighted by atomic mass is 9.92. The summed E-state index contributed by atoms with van der Waals surface area (Å²) < 4.78 is 0. The molecule has 2 unspecified atom stereocenters. The number of nitrogens with two attached hydrogens (primary N) is 1. The molecule has 0 radical (unpaired) electrons. The Kier molecular flexibility index (Phi) is 3.27. The molecule has 0 bridgehead atoms. The van der Waals surface area contributed by atoms with Gasteiger partial charge in [-0.05, 0) is 49.3 Å². The van der Waals surface area contributed by atoms with Crippen molar-refractivity contribution in [3.8, 4) is 5.75 Å². The van der Waals surface area contributed by atoms with Crippen LogP contribution in [0.15, 0.2) is 24.3 Å². The fourth-order valence-corrected chi connectivity index (χ4v) is 2.41. The van der Waals surface area contributed by atoms with E-state index < -0.39 is 0 Å². The molecule has 0 aromatic heterocycles. The highest BCUT2D eigenvalue weighted by Crippen LogP contribution is 2.31. The molecule has 2 heteroatoms. The highest BCUT2D eigenvalue weighted by Gasteiger charge is 2.17. The molecule has 2 rings (SSSR count). The van der Waals surface area contributed by atoms with E-state index in [1.54, 1.807) is 12.1 Å². The second kappa shape index (κ2) is 4.67. The molecule has 1 aromatic rings. The Balaban J connectivity index is 2.06. The van der Waals surface area contributed by atoms with Crippen LogP contribution in [0.5, 0.6) is 5.75 Å². The van der Waals surface area contributed by atoms with Gasteiger partial charge in [0.15, 0.2) is 0 Å². The summed E-state index contributed by atoms with van der Waals surface area (Å²) in [6.07, 6.45) is 5.94. The van der Waals surface area contributed by atoms with E-state index >= 15 is 0 Å². The first-order valence-corrected chi connectivity index (χ1v) is 5.80. The van der Waals surface area contributed by atoms with Gasteiger partial charge in [0, 0.05) is 6.04 Å². The number of rotatable bonds is 1. The zero-order chi connectivity index (χ0) is 10.7. The molecular formula is C13H19NO. The average molecular weight is 205 g/mol. The molecule has 1 aromatic carbocycles. The molecule has 0 heterocycles. The quantitative estimate of drug-likeness (QED) is 0.692. The zero-order valence-electron chi connectivity index (χ0n) is 9.02. The number of hydrogen-bond donors (Lipinski definition) is 2. The van der Waals surface area contributed by atoms with E-state index in [0.29, 0.717) is 17.7 Å². The van der Waals surface area contributed by atoms with Gasteiger partial charge in [-0.25, -0.2) is 0 Å². The van der Waals surface area contributed by atoms with Crippen molar-refractivity contribution in [3.05, 3.63) is 29.8 Å². The molecule has 1 aliphatic rings. The summed E-state index contributed by atoms with van der Waals surface area (Å²) in [7, 11) is 0. The third-order valence-electron chi connectivity index (χ3n) is 3.38. The van der Waals surface area contributed by atoms with E-state index in [1.165, 1.54) is 24.8 Å². The van der Waals surface area contributed by atoms with Crippen LogP contribution in [0.1, 0.15) is 43.6 Å². The van der Waals surface area contributed by atoms with Gasteiger partial charge in [-0.3, -0.25) is 0 Å². The lowest BCUT2D eigenvalue weighted by Crippen LogP contribution is -2.17. The second-order valence-electron chi connectivity index (χ2n) is 4.56. The lowest BCUT2D eigenvalue weighted by Gasteiger charge is -2.14. The van der Waals surface area contributed by atoms with Gasteiger partial charge < -0.3 is 10.8 Å². The summed E-state index contributed by atoms with van der Waals surface area (Å²) in [4.78, 5) is 0. The van der Waals surface area contributed by atoms with Gasteiger partial charge in [-0.15, -0.1) is 0 Å². The van der Waals surface area contributed by atoms with Crippen molar-refractivity contribution in [3.63, 3.8) is 0 Å². The highest BCUT2D eigenvalue weighted by molar-refractivity contribution is 5.28. The normalized spacial score (nSPS) is 27.3. The van der Waals surface area contributed by atoms with Crippen molar-refractivity contribution >= 4 is 0 Å². The minimum Gasteiger partial charge on any atom is -0.508 e. The van der Waals surface area contributed by atoms with Gasteiger partial charge in [-0.1, -0.05) is 18.6 Å². The van der Waals surface area contributed by atoms with Gasteiger partial charge in [0.2, 0.25) is 0 Å². The zero-order valence-corrected chi connectivity index (χ0v) is 9.02. The van der Waals surface area contributed by atoms with Gasteiger partial charge in [0.05, 0.1) is 0 Å². The van der Waals surface area contributed by atoms with Gasteiger partial charge in [0.1, 0.15) is 5.75 Å². The first kappa shape index (κ1) is 10.5. The maximum absolute atomic E-state index is 9.23. The largest absolute Gasteiger partial charge is 0.508 e. The van der Waals surface area contributed by atoms with E-state index in [4.69, 9.17) is 5.73 Å². The molecule has 1 fully saturated rings. The van der Waals surface area contributed by atoms with Crippen LogP contribution in [-0.2, 0) is 0 Å². The molecule has 82 valence electrons. The average Bonchev–Trinajstić information content (AvgIpc) is 2.44. The van der Waals surface area contributed by atoms with Gasteiger partial charge in [-0.2, -0.15) is 0 Å². The van der Waals surface area contributed by atoms with E-state index in [1.807, 2.05) is 12.1 Å². The molecule has 0 saturated heterocycles. The molecule has 2 atom stereocenters. The predicted octanol–water partition coefficient (Wildman–Crippen LogP) is 2.77. The van der Waals surface area contributed by atoms with Crippen LogP contribution < -0.4 is 5.73 Å². The number of phenols is 1. The first-order valence-electron chi connectivity index (χ1n) is 5.80. The topological polar surface area (TPSA) is 46.2 Å². The number of aromatic hydroxyl groups is 1. The first-order chi connectivity index (χ1) is 7.25. The summed E-state index contributed by atoms with van der Waals surface area (Å²) in [5.74, 6) is 0.989. The minimum atomic E-state index is 0.351. The molecular weight excluding hydrogens is 186 g/mol. The van der Waals surface area contributed by atoms with Crippen molar-refractivity contribution in [1.29, 1.82) is 0 Å². The van der Waals surface area contributed by atoms with Crippen LogP contribution >= 0.6 is 0 Å². The summed E-state index contributed by atoms with van der Waals surface area (Å²) in [5, 5.41) is 9.23. The smallest absolute Gasteiger partial charge is 0.115 e. The predicted molar refractivity (Wildman–Crippen MR) is 61.9 cm³/mol. The van der Waals surface area contributed by atoms with E-state index in [-0.39, 0.29) is 0 Å². The molecule has 0 spiro atoms. The third kappa shape index (κ3) is 2.72. The van der Waals surface area contributed by atoms with Crippen LogP contribution in [0.25, 0.3) is 0 Å². The van der Waals surface area contributed by atoms with Crippen LogP contribution in [0.2, 0.25) is 0 Å². The van der Waals surface area contributed by atoms with Crippen LogP contribution in [0.3, 0.4) is 0 Å². The minimum absolute atomic E-state index is 0.351. The second-order valence-corrected chi connectivity index (χ2v) is 4.56.